The first kappa shape index (κ1) is 20.9. The molecule has 1 heterocycles. The molecule has 2 unspecified atom stereocenters. The summed E-state index contributed by atoms with van der Waals surface area (Å²) >= 11 is 0. The zero-order chi connectivity index (χ0) is 19.2. The smallest absolute Gasteiger partial charge is 0.243 e. The van der Waals surface area contributed by atoms with Gasteiger partial charge in [0.2, 0.25) is 15.9 Å². The van der Waals surface area contributed by atoms with Crippen molar-refractivity contribution >= 4 is 15.9 Å². The Morgan fingerprint density at radius 1 is 1.23 bits per heavy atom. The van der Waals surface area contributed by atoms with Crippen LogP contribution in [0.1, 0.15) is 39.2 Å². The Kier molecular flexibility index (Phi) is 7.61. The van der Waals surface area contributed by atoms with Crippen LogP contribution in [0.2, 0.25) is 0 Å². The Hall–Kier alpha value is -1.44. The molecule has 7 heteroatoms. The molecule has 0 aliphatic carbocycles. The van der Waals surface area contributed by atoms with Crippen molar-refractivity contribution in [1.29, 1.82) is 0 Å². The molecule has 1 aromatic rings. The third-order valence-corrected chi connectivity index (χ3v) is 7.10. The highest BCUT2D eigenvalue weighted by Crippen LogP contribution is 2.17. The number of sulfonamides is 1. The maximum absolute atomic E-state index is 12.5. The first-order chi connectivity index (χ1) is 12.4. The van der Waals surface area contributed by atoms with Crippen LogP contribution in [0.5, 0.6) is 0 Å². The van der Waals surface area contributed by atoms with E-state index in [0.29, 0.717) is 36.7 Å². The molecule has 0 saturated carbocycles. The second kappa shape index (κ2) is 9.48. The van der Waals surface area contributed by atoms with Gasteiger partial charge < -0.3 is 10.6 Å². The molecular formula is C19H31N3O3S. The van der Waals surface area contributed by atoms with Crippen molar-refractivity contribution in [2.45, 2.75) is 51.0 Å². The van der Waals surface area contributed by atoms with Gasteiger partial charge in [0.05, 0.1) is 4.90 Å². The quantitative estimate of drug-likeness (QED) is 0.719. The molecular weight excluding hydrogens is 350 g/mol. The SMILES string of the molecule is CCN(CC)S(=O)(=O)c1ccc(CCC(=O)NC2CCNCC2C)cc1. The summed E-state index contributed by atoms with van der Waals surface area (Å²) in [4.78, 5) is 12.5. The van der Waals surface area contributed by atoms with Crippen molar-refractivity contribution in [1.82, 2.24) is 14.9 Å². The minimum absolute atomic E-state index is 0.0589. The molecule has 1 saturated heterocycles. The number of nitrogens with one attached hydrogen (secondary N) is 2. The van der Waals surface area contributed by atoms with E-state index in [4.69, 9.17) is 0 Å². The molecule has 1 fully saturated rings. The van der Waals surface area contributed by atoms with Gasteiger partial charge in [-0.25, -0.2) is 8.42 Å². The summed E-state index contributed by atoms with van der Waals surface area (Å²) < 4.78 is 26.4. The van der Waals surface area contributed by atoms with Crippen molar-refractivity contribution < 1.29 is 13.2 Å². The highest BCUT2D eigenvalue weighted by molar-refractivity contribution is 7.89. The van der Waals surface area contributed by atoms with Crippen LogP contribution in [-0.2, 0) is 21.2 Å². The highest BCUT2D eigenvalue weighted by Gasteiger charge is 2.23. The zero-order valence-corrected chi connectivity index (χ0v) is 16.8. The van der Waals surface area contributed by atoms with Crippen LogP contribution < -0.4 is 10.6 Å². The average molecular weight is 382 g/mol. The molecule has 1 aromatic carbocycles. The normalized spacial score (nSPS) is 20.9. The number of aryl methyl sites for hydroxylation is 1. The lowest BCUT2D eigenvalue weighted by molar-refractivity contribution is -0.122. The number of benzene rings is 1. The van der Waals surface area contributed by atoms with Crippen molar-refractivity contribution in [3.8, 4) is 0 Å². The Morgan fingerprint density at radius 2 is 1.88 bits per heavy atom. The van der Waals surface area contributed by atoms with Gasteiger partial charge in [-0.2, -0.15) is 4.31 Å². The Bertz CT molecular complexity index is 684. The number of nitrogens with zero attached hydrogens (tertiary/aromatic N) is 1. The summed E-state index contributed by atoms with van der Waals surface area (Å²) in [5.74, 6) is 0.501. The first-order valence-corrected chi connectivity index (χ1v) is 10.9. The number of hydrogen-bond donors (Lipinski definition) is 2. The number of piperidine rings is 1. The topological polar surface area (TPSA) is 78.5 Å². The zero-order valence-electron chi connectivity index (χ0n) is 16.0. The third kappa shape index (κ3) is 5.28. The van der Waals surface area contributed by atoms with Crippen molar-refractivity contribution in [2.75, 3.05) is 26.2 Å². The van der Waals surface area contributed by atoms with Crippen LogP contribution in [0.15, 0.2) is 29.2 Å². The lowest BCUT2D eigenvalue weighted by Gasteiger charge is -2.30. The first-order valence-electron chi connectivity index (χ1n) is 9.47. The van der Waals surface area contributed by atoms with E-state index in [9.17, 15) is 13.2 Å². The number of rotatable bonds is 8. The minimum Gasteiger partial charge on any atom is -0.353 e. The molecule has 0 spiro atoms. The standard InChI is InChI=1S/C19H31N3O3S/c1-4-22(5-2)26(24,25)17-9-6-16(7-10-17)8-11-19(23)21-18-12-13-20-14-15(18)3/h6-7,9-10,15,18,20H,4-5,8,11-14H2,1-3H3,(H,21,23). The van der Waals surface area contributed by atoms with E-state index in [1.807, 2.05) is 13.8 Å². The maximum atomic E-state index is 12.5. The van der Waals surface area contributed by atoms with E-state index in [0.717, 1.165) is 25.1 Å². The number of hydrogen-bond acceptors (Lipinski definition) is 4. The summed E-state index contributed by atoms with van der Waals surface area (Å²) in [6.45, 7) is 8.59. The predicted molar refractivity (Wildman–Crippen MR) is 103 cm³/mol. The van der Waals surface area contributed by atoms with Gasteiger partial charge in [0.25, 0.3) is 0 Å². The fourth-order valence-corrected chi connectivity index (χ4v) is 4.76. The van der Waals surface area contributed by atoms with E-state index in [1.165, 1.54) is 4.31 Å². The van der Waals surface area contributed by atoms with Crippen molar-refractivity contribution in [3.63, 3.8) is 0 Å². The van der Waals surface area contributed by atoms with Gasteiger partial charge in [-0.05, 0) is 49.5 Å². The summed E-state index contributed by atoms with van der Waals surface area (Å²) in [7, 11) is -3.43. The Balaban J connectivity index is 1.90. The number of amides is 1. The van der Waals surface area contributed by atoms with E-state index < -0.39 is 10.0 Å². The molecule has 1 aliphatic heterocycles. The fourth-order valence-electron chi connectivity index (χ4n) is 3.31. The fraction of sp³-hybridized carbons (Fsp3) is 0.632. The molecule has 0 aromatic heterocycles. The van der Waals surface area contributed by atoms with Gasteiger partial charge in [0.15, 0.2) is 0 Å². The number of carbonyl (C=O) groups is 1. The van der Waals surface area contributed by atoms with Crippen LogP contribution in [0, 0.1) is 5.92 Å². The summed E-state index contributed by atoms with van der Waals surface area (Å²) in [6.07, 6.45) is 1.99. The second-order valence-electron chi connectivity index (χ2n) is 6.88. The lowest BCUT2D eigenvalue weighted by Crippen LogP contribution is -2.48. The average Bonchev–Trinajstić information content (AvgIpc) is 2.63. The predicted octanol–water partition coefficient (Wildman–Crippen LogP) is 1.76. The van der Waals surface area contributed by atoms with Crippen LogP contribution in [0.3, 0.4) is 0 Å². The Labute approximate surface area is 157 Å². The van der Waals surface area contributed by atoms with Gasteiger partial charge in [-0.1, -0.05) is 32.9 Å². The van der Waals surface area contributed by atoms with Gasteiger partial charge in [-0.3, -0.25) is 4.79 Å². The van der Waals surface area contributed by atoms with E-state index in [1.54, 1.807) is 24.3 Å². The second-order valence-corrected chi connectivity index (χ2v) is 8.82. The van der Waals surface area contributed by atoms with Crippen LogP contribution >= 0.6 is 0 Å². The maximum Gasteiger partial charge on any atom is 0.243 e. The van der Waals surface area contributed by atoms with Gasteiger partial charge in [-0.15, -0.1) is 0 Å². The molecule has 146 valence electrons. The highest BCUT2D eigenvalue weighted by atomic mass is 32.2. The van der Waals surface area contributed by atoms with Crippen molar-refractivity contribution in [3.05, 3.63) is 29.8 Å². The molecule has 6 nitrogen and oxygen atoms in total. The largest absolute Gasteiger partial charge is 0.353 e. The molecule has 2 atom stereocenters. The third-order valence-electron chi connectivity index (χ3n) is 5.04. The van der Waals surface area contributed by atoms with E-state index in [2.05, 4.69) is 17.6 Å². The lowest BCUT2D eigenvalue weighted by atomic mass is 9.95. The Morgan fingerprint density at radius 3 is 2.46 bits per heavy atom. The van der Waals surface area contributed by atoms with Gasteiger partial charge in [0, 0.05) is 25.6 Å². The molecule has 1 aliphatic rings. The van der Waals surface area contributed by atoms with Crippen molar-refractivity contribution in [2.24, 2.45) is 5.92 Å². The summed E-state index contributed by atoms with van der Waals surface area (Å²) in [6, 6.07) is 7.12. The van der Waals surface area contributed by atoms with Gasteiger partial charge in [0.1, 0.15) is 0 Å². The summed E-state index contributed by atoms with van der Waals surface area (Å²) in [5, 5.41) is 6.45. The molecule has 1 amide bonds. The van der Waals surface area contributed by atoms with Crippen LogP contribution in [0.4, 0.5) is 0 Å². The number of carbonyl (C=O) groups excluding carboxylic acids is 1. The van der Waals surface area contributed by atoms with E-state index >= 15 is 0 Å². The monoisotopic (exact) mass is 381 g/mol. The summed E-state index contributed by atoms with van der Waals surface area (Å²) in [5.41, 5.74) is 0.969. The van der Waals surface area contributed by atoms with Crippen LogP contribution in [0.25, 0.3) is 0 Å². The molecule has 2 N–H and O–H groups in total. The minimum atomic E-state index is -3.43. The van der Waals surface area contributed by atoms with E-state index in [-0.39, 0.29) is 11.9 Å². The molecule has 0 bridgehead atoms. The van der Waals surface area contributed by atoms with Gasteiger partial charge >= 0.3 is 0 Å². The molecule has 0 radical (unpaired) electrons. The molecule has 2 rings (SSSR count). The molecule has 26 heavy (non-hydrogen) atoms. The van der Waals surface area contributed by atoms with Crippen LogP contribution in [-0.4, -0.2) is 50.9 Å².